The number of pyridine rings is 1. The molecule has 1 aliphatic rings. The lowest BCUT2D eigenvalue weighted by atomic mass is 10.1. The molecule has 28 heavy (non-hydrogen) atoms. The van der Waals surface area contributed by atoms with E-state index >= 15 is 0 Å². The molecule has 1 N–H and O–H groups in total. The van der Waals surface area contributed by atoms with Crippen LogP contribution in [0.3, 0.4) is 0 Å². The number of benzene rings is 1. The van der Waals surface area contributed by atoms with E-state index in [1.165, 1.54) is 25.0 Å². The van der Waals surface area contributed by atoms with E-state index in [0.717, 1.165) is 18.9 Å². The molecular formula is C21H22FN5O. The van der Waals surface area contributed by atoms with Crippen LogP contribution in [0.2, 0.25) is 0 Å². The maximum absolute atomic E-state index is 13.2. The lowest BCUT2D eigenvalue weighted by molar-refractivity contribution is 0.102. The summed E-state index contributed by atoms with van der Waals surface area (Å²) < 4.78 is 14.8. The molecule has 0 saturated carbocycles. The lowest BCUT2D eigenvalue weighted by Crippen LogP contribution is -2.19. The van der Waals surface area contributed by atoms with Gasteiger partial charge in [0.25, 0.3) is 5.91 Å². The molecule has 1 amide bonds. The van der Waals surface area contributed by atoms with Crippen LogP contribution in [0.4, 0.5) is 15.9 Å². The van der Waals surface area contributed by atoms with Crippen molar-refractivity contribution in [1.82, 2.24) is 14.8 Å². The fraction of sp³-hybridized carbons (Fsp3) is 0.286. The van der Waals surface area contributed by atoms with E-state index in [1.54, 1.807) is 29.9 Å². The minimum Gasteiger partial charge on any atom is -0.357 e. The summed E-state index contributed by atoms with van der Waals surface area (Å²) >= 11 is 0. The second-order valence-electron chi connectivity index (χ2n) is 6.99. The summed E-state index contributed by atoms with van der Waals surface area (Å²) in [6.07, 6.45) is 4.06. The molecule has 0 radical (unpaired) electrons. The number of amides is 1. The predicted molar refractivity (Wildman–Crippen MR) is 107 cm³/mol. The van der Waals surface area contributed by atoms with Crippen LogP contribution in [0.5, 0.6) is 0 Å². The molecule has 1 fully saturated rings. The molecule has 1 saturated heterocycles. The van der Waals surface area contributed by atoms with Gasteiger partial charge in [0.1, 0.15) is 11.6 Å². The van der Waals surface area contributed by atoms with E-state index in [0.29, 0.717) is 28.3 Å². The Morgan fingerprint density at radius 3 is 2.43 bits per heavy atom. The number of rotatable bonds is 4. The smallest absolute Gasteiger partial charge is 0.259 e. The fourth-order valence-corrected chi connectivity index (χ4v) is 3.59. The highest BCUT2D eigenvalue weighted by Gasteiger charge is 2.20. The summed E-state index contributed by atoms with van der Waals surface area (Å²) in [6, 6.07) is 9.82. The number of anilines is 2. The monoisotopic (exact) mass is 379 g/mol. The molecule has 0 bridgehead atoms. The molecule has 4 rings (SSSR count). The third-order valence-electron chi connectivity index (χ3n) is 5.03. The molecule has 3 aromatic rings. The van der Waals surface area contributed by atoms with Crippen LogP contribution in [0, 0.1) is 19.7 Å². The van der Waals surface area contributed by atoms with Crippen molar-refractivity contribution < 1.29 is 9.18 Å². The van der Waals surface area contributed by atoms with E-state index in [2.05, 4.69) is 20.3 Å². The van der Waals surface area contributed by atoms with Crippen LogP contribution in [0.15, 0.2) is 42.6 Å². The van der Waals surface area contributed by atoms with E-state index in [1.807, 2.05) is 19.1 Å². The third-order valence-corrected chi connectivity index (χ3v) is 5.03. The van der Waals surface area contributed by atoms with E-state index in [4.69, 9.17) is 0 Å². The normalized spacial score (nSPS) is 13.8. The van der Waals surface area contributed by atoms with Crippen molar-refractivity contribution in [2.24, 2.45) is 0 Å². The summed E-state index contributed by atoms with van der Waals surface area (Å²) in [5.41, 5.74) is 3.16. The van der Waals surface area contributed by atoms with Crippen molar-refractivity contribution in [3.63, 3.8) is 0 Å². The van der Waals surface area contributed by atoms with Crippen LogP contribution in [0.1, 0.15) is 34.6 Å². The van der Waals surface area contributed by atoms with Crippen LogP contribution >= 0.6 is 0 Å². The molecular weight excluding hydrogens is 357 g/mol. The summed E-state index contributed by atoms with van der Waals surface area (Å²) in [5.74, 6) is 0.388. The fourth-order valence-electron chi connectivity index (χ4n) is 3.59. The van der Waals surface area contributed by atoms with Gasteiger partial charge in [-0.3, -0.25) is 4.79 Å². The maximum Gasteiger partial charge on any atom is 0.259 e. The van der Waals surface area contributed by atoms with Crippen LogP contribution in [-0.2, 0) is 0 Å². The summed E-state index contributed by atoms with van der Waals surface area (Å²) in [7, 11) is 0. The molecule has 0 spiro atoms. The molecule has 6 nitrogen and oxygen atoms in total. The van der Waals surface area contributed by atoms with E-state index < -0.39 is 0 Å². The zero-order chi connectivity index (χ0) is 19.7. The summed E-state index contributed by atoms with van der Waals surface area (Å²) in [4.78, 5) is 19.5. The number of aromatic nitrogens is 3. The molecule has 144 valence electrons. The van der Waals surface area contributed by atoms with Crippen molar-refractivity contribution in [2.75, 3.05) is 23.3 Å². The second kappa shape index (κ2) is 7.42. The van der Waals surface area contributed by atoms with Gasteiger partial charge in [-0.2, -0.15) is 5.10 Å². The number of halogens is 1. The van der Waals surface area contributed by atoms with Gasteiger partial charge in [-0.25, -0.2) is 14.1 Å². The largest absolute Gasteiger partial charge is 0.357 e. The van der Waals surface area contributed by atoms with E-state index in [9.17, 15) is 9.18 Å². The van der Waals surface area contributed by atoms with Gasteiger partial charge in [-0.05, 0) is 63.1 Å². The Bertz CT molecular complexity index is 989. The first-order chi connectivity index (χ1) is 13.5. The van der Waals surface area contributed by atoms with Gasteiger partial charge >= 0.3 is 0 Å². The number of nitrogens with one attached hydrogen (secondary N) is 1. The minimum absolute atomic E-state index is 0.237. The van der Waals surface area contributed by atoms with Gasteiger partial charge in [0, 0.05) is 13.1 Å². The van der Waals surface area contributed by atoms with Crippen molar-refractivity contribution in [3.8, 4) is 5.69 Å². The second-order valence-corrected chi connectivity index (χ2v) is 6.99. The standard InChI is InChI=1S/C21H22FN5O/c1-14-20(15(2)27(25-14)18-8-5-16(22)6-9-18)21(28)24-17-7-10-19(23-13-17)26-11-3-4-12-26/h5-10,13H,3-4,11-12H2,1-2H3,(H,24,28). The van der Waals surface area contributed by atoms with Gasteiger partial charge in [0.15, 0.2) is 0 Å². The van der Waals surface area contributed by atoms with Gasteiger partial charge in [-0.15, -0.1) is 0 Å². The zero-order valence-corrected chi connectivity index (χ0v) is 15.9. The Hall–Kier alpha value is -3.22. The van der Waals surface area contributed by atoms with Crippen molar-refractivity contribution >= 4 is 17.4 Å². The number of carbonyl (C=O) groups excluding carboxylic acids is 1. The Labute approximate surface area is 163 Å². The van der Waals surface area contributed by atoms with Crippen LogP contribution < -0.4 is 10.2 Å². The highest BCUT2D eigenvalue weighted by atomic mass is 19.1. The molecule has 1 aliphatic heterocycles. The number of hydrogen-bond donors (Lipinski definition) is 1. The number of nitrogens with zero attached hydrogens (tertiary/aromatic N) is 4. The van der Waals surface area contributed by atoms with Crippen LogP contribution in [0.25, 0.3) is 5.69 Å². The summed E-state index contributed by atoms with van der Waals surface area (Å²) in [6.45, 7) is 5.67. The average molecular weight is 379 g/mol. The molecule has 0 atom stereocenters. The number of hydrogen-bond acceptors (Lipinski definition) is 4. The van der Waals surface area contributed by atoms with Gasteiger partial charge < -0.3 is 10.2 Å². The Morgan fingerprint density at radius 1 is 1.07 bits per heavy atom. The van der Waals surface area contributed by atoms with Crippen LogP contribution in [-0.4, -0.2) is 33.8 Å². The van der Waals surface area contributed by atoms with Crippen molar-refractivity contribution in [3.05, 3.63) is 65.4 Å². The lowest BCUT2D eigenvalue weighted by Gasteiger charge is -2.16. The predicted octanol–water partition coefficient (Wildman–Crippen LogP) is 3.88. The molecule has 3 heterocycles. The average Bonchev–Trinajstić information content (AvgIpc) is 3.31. The first-order valence-electron chi connectivity index (χ1n) is 9.37. The van der Waals surface area contributed by atoms with E-state index in [-0.39, 0.29) is 11.7 Å². The molecule has 7 heteroatoms. The first kappa shape index (κ1) is 18.2. The maximum atomic E-state index is 13.2. The van der Waals surface area contributed by atoms with Crippen molar-refractivity contribution in [2.45, 2.75) is 26.7 Å². The minimum atomic E-state index is -0.312. The third kappa shape index (κ3) is 3.47. The topological polar surface area (TPSA) is 63.1 Å². The Kier molecular flexibility index (Phi) is 4.81. The molecule has 0 unspecified atom stereocenters. The van der Waals surface area contributed by atoms with Crippen molar-refractivity contribution in [1.29, 1.82) is 0 Å². The highest BCUT2D eigenvalue weighted by Crippen LogP contribution is 2.22. The summed E-state index contributed by atoms with van der Waals surface area (Å²) in [5, 5.41) is 7.35. The number of aryl methyl sites for hydroxylation is 1. The Balaban J connectivity index is 1.54. The molecule has 0 aliphatic carbocycles. The van der Waals surface area contributed by atoms with Gasteiger partial charge in [0.05, 0.1) is 34.5 Å². The highest BCUT2D eigenvalue weighted by molar-refractivity contribution is 6.05. The quantitative estimate of drug-likeness (QED) is 0.747. The first-order valence-corrected chi connectivity index (χ1v) is 9.37. The molecule has 1 aromatic carbocycles. The van der Waals surface area contributed by atoms with Gasteiger partial charge in [0.2, 0.25) is 0 Å². The molecule has 2 aromatic heterocycles. The van der Waals surface area contributed by atoms with Gasteiger partial charge in [-0.1, -0.05) is 0 Å². The Morgan fingerprint density at radius 2 is 1.79 bits per heavy atom. The zero-order valence-electron chi connectivity index (χ0n) is 15.9. The SMILES string of the molecule is Cc1nn(-c2ccc(F)cc2)c(C)c1C(=O)Nc1ccc(N2CCCC2)nc1. The number of carbonyl (C=O) groups is 1.